The lowest BCUT2D eigenvalue weighted by Crippen LogP contribution is -2.22. The number of benzene rings is 2. The van der Waals surface area contributed by atoms with Gasteiger partial charge >= 0.3 is 0 Å². The van der Waals surface area contributed by atoms with Crippen molar-refractivity contribution in [1.82, 2.24) is 14.1 Å². The summed E-state index contributed by atoms with van der Waals surface area (Å²) in [6, 6.07) is 17.5. The Balaban J connectivity index is 2.08. The molecule has 0 aliphatic carbocycles. The van der Waals surface area contributed by atoms with Crippen LogP contribution in [0.15, 0.2) is 71.9 Å². The van der Waals surface area contributed by atoms with Crippen LogP contribution in [0.5, 0.6) is 0 Å². The zero-order chi connectivity index (χ0) is 18.3. The minimum absolute atomic E-state index is 0.0374. The maximum absolute atomic E-state index is 13.2. The molecule has 0 aliphatic heterocycles. The van der Waals surface area contributed by atoms with Crippen LogP contribution in [-0.4, -0.2) is 14.1 Å². The van der Waals surface area contributed by atoms with Crippen molar-refractivity contribution in [1.29, 1.82) is 0 Å². The van der Waals surface area contributed by atoms with E-state index in [1.165, 1.54) is 0 Å². The summed E-state index contributed by atoms with van der Waals surface area (Å²) >= 11 is 6.03. The Kier molecular flexibility index (Phi) is 4.13. The van der Waals surface area contributed by atoms with Crippen molar-refractivity contribution >= 4 is 22.6 Å². The van der Waals surface area contributed by atoms with Gasteiger partial charge < -0.3 is 4.57 Å². The highest BCUT2D eigenvalue weighted by molar-refractivity contribution is 6.30. The highest BCUT2D eigenvalue weighted by Crippen LogP contribution is 2.30. The van der Waals surface area contributed by atoms with Gasteiger partial charge in [-0.05, 0) is 43.7 Å². The lowest BCUT2D eigenvalue weighted by molar-refractivity contribution is 0.573. The van der Waals surface area contributed by atoms with Gasteiger partial charge in [-0.15, -0.1) is 0 Å². The first kappa shape index (κ1) is 16.6. The first-order valence-electron chi connectivity index (χ1n) is 8.50. The van der Waals surface area contributed by atoms with Crippen LogP contribution in [-0.2, 0) is 0 Å². The van der Waals surface area contributed by atoms with Crippen LogP contribution in [0.1, 0.15) is 19.9 Å². The normalized spacial score (nSPS) is 11.4. The molecule has 4 nitrogen and oxygen atoms in total. The van der Waals surface area contributed by atoms with Gasteiger partial charge in [0.2, 0.25) is 0 Å². The number of hydrogen-bond donors (Lipinski definition) is 0. The molecule has 0 saturated carbocycles. The standard InChI is InChI=1S/C21H18ClN3O/c1-14(2)25-13-23-20-19(21(25)26)18(15-8-10-16(22)11-9-15)12-24(20)17-6-4-3-5-7-17/h3-14H,1-2H3. The molecule has 0 fully saturated rings. The van der Waals surface area contributed by atoms with E-state index in [0.717, 1.165) is 16.8 Å². The second kappa shape index (κ2) is 6.46. The molecule has 0 radical (unpaired) electrons. The third kappa shape index (κ3) is 2.72. The molecule has 0 N–H and O–H groups in total. The van der Waals surface area contributed by atoms with Crippen molar-refractivity contribution in [3.63, 3.8) is 0 Å². The molecule has 0 bridgehead atoms. The van der Waals surface area contributed by atoms with Gasteiger partial charge in [-0.1, -0.05) is 41.9 Å². The summed E-state index contributed by atoms with van der Waals surface area (Å²) in [5.41, 5.74) is 3.38. The quantitative estimate of drug-likeness (QED) is 0.508. The average molecular weight is 364 g/mol. The minimum Gasteiger partial charge on any atom is -0.300 e. The largest absolute Gasteiger partial charge is 0.300 e. The van der Waals surface area contributed by atoms with Crippen molar-refractivity contribution in [2.75, 3.05) is 0 Å². The van der Waals surface area contributed by atoms with Gasteiger partial charge in [-0.2, -0.15) is 0 Å². The molecule has 130 valence electrons. The molecule has 0 aliphatic rings. The van der Waals surface area contributed by atoms with E-state index in [1.807, 2.05) is 79.2 Å². The summed E-state index contributed by atoms with van der Waals surface area (Å²) in [6.07, 6.45) is 3.60. The van der Waals surface area contributed by atoms with E-state index >= 15 is 0 Å². The Morgan fingerprint density at radius 3 is 2.35 bits per heavy atom. The Morgan fingerprint density at radius 1 is 1.00 bits per heavy atom. The second-order valence-corrected chi connectivity index (χ2v) is 6.94. The van der Waals surface area contributed by atoms with Crippen LogP contribution in [0.2, 0.25) is 5.02 Å². The molecule has 0 spiro atoms. The Labute approximate surface area is 156 Å². The zero-order valence-corrected chi connectivity index (χ0v) is 15.3. The average Bonchev–Trinajstić information content (AvgIpc) is 3.03. The zero-order valence-electron chi connectivity index (χ0n) is 14.6. The summed E-state index contributed by atoms with van der Waals surface area (Å²) in [5.74, 6) is 0. The summed E-state index contributed by atoms with van der Waals surface area (Å²) in [5, 5.41) is 1.28. The minimum atomic E-state index is -0.0374. The van der Waals surface area contributed by atoms with E-state index in [2.05, 4.69) is 4.98 Å². The highest BCUT2D eigenvalue weighted by Gasteiger charge is 2.18. The SMILES string of the molecule is CC(C)n1cnc2c(c(-c3ccc(Cl)cc3)cn2-c2ccccc2)c1=O. The molecule has 2 heterocycles. The predicted molar refractivity (Wildman–Crippen MR) is 106 cm³/mol. The van der Waals surface area contributed by atoms with Gasteiger partial charge in [0, 0.05) is 28.5 Å². The molecule has 26 heavy (non-hydrogen) atoms. The second-order valence-electron chi connectivity index (χ2n) is 6.50. The maximum Gasteiger partial charge on any atom is 0.263 e. The van der Waals surface area contributed by atoms with Gasteiger partial charge in [-0.3, -0.25) is 9.36 Å². The molecule has 4 aromatic rings. The van der Waals surface area contributed by atoms with Crippen molar-refractivity contribution in [3.05, 3.63) is 82.5 Å². The fraction of sp³-hybridized carbons (Fsp3) is 0.143. The Morgan fingerprint density at radius 2 is 1.69 bits per heavy atom. The molecule has 0 saturated heterocycles. The fourth-order valence-corrected chi connectivity index (χ4v) is 3.26. The molecule has 0 unspecified atom stereocenters. The molecular weight excluding hydrogens is 346 g/mol. The number of nitrogens with zero attached hydrogens (tertiary/aromatic N) is 3. The van der Waals surface area contributed by atoms with Crippen LogP contribution < -0.4 is 5.56 Å². The maximum atomic E-state index is 13.2. The van der Waals surface area contributed by atoms with Crippen LogP contribution >= 0.6 is 11.6 Å². The van der Waals surface area contributed by atoms with Gasteiger partial charge in [0.15, 0.2) is 5.65 Å². The molecule has 2 aromatic heterocycles. The molecule has 2 aromatic carbocycles. The van der Waals surface area contributed by atoms with Crippen LogP contribution in [0.4, 0.5) is 0 Å². The molecule has 0 amide bonds. The van der Waals surface area contributed by atoms with E-state index in [-0.39, 0.29) is 11.6 Å². The van der Waals surface area contributed by atoms with Gasteiger partial charge in [-0.25, -0.2) is 4.98 Å². The fourth-order valence-electron chi connectivity index (χ4n) is 3.13. The van der Waals surface area contributed by atoms with E-state index in [0.29, 0.717) is 16.1 Å². The number of para-hydroxylation sites is 1. The van der Waals surface area contributed by atoms with Crippen LogP contribution in [0.25, 0.3) is 27.8 Å². The lowest BCUT2D eigenvalue weighted by atomic mass is 10.1. The van der Waals surface area contributed by atoms with Crippen LogP contribution in [0, 0.1) is 0 Å². The number of halogens is 1. The topological polar surface area (TPSA) is 39.8 Å². The molecule has 4 rings (SSSR count). The molecular formula is C21H18ClN3O. The number of rotatable bonds is 3. The van der Waals surface area contributed by atoms with E-state index in [9.17, 15) is 4.79 Å². The van der Waals surface area contributed by atoms with Crippen molar-refractivity contribution in [2.24, 2.45) is 0 Å². The summed E-state index contributed by atoms with van der Waals surface area (Å²) in [4.78, 5) is 17.8. The summed E-state index contributed by atoms with van der Waals surface area (Å²) in [6.45, 7) is 3.95. The predicted octanol–water partition coefficient (Wildman–Crippen LogP) is 5.09. The highest BCUT2D eigenvalue weighted by atomic mass is 35.5. The molecule has 0 atom stereocenters. The number of hydrogen-bond acceptors (Lipinski definition) is 2. The van der Waals surface area contributed by atoms with E-state index in [1.54, 1.807) is 10.9 Å². The van der Waals surface area contributed by atoms with Gasteiger partial charge in [0.05, 0.1) is 5.39 Å². The van der Waals surface area contributed by atoms with Crippen molar-refractivity contribution < 1.29 is 0 Å². The van der Waals surface area contributed by atoms with Gasteiger partial charge in [0.25, 0.3) is 5.56 Å². The van der Waals surface area contributed by atoms with Crippen LogP contribution in [0.3, 0.4) is 0 Å². The number of aromatic nitrogens is 3. The van der Waals surface area contributed by atoms with E-state index < -0.39 is 0 Å². The number of fused-ring (bicyclic) bond motifs is 1. The van der Waals surface area contributed by atoms with Gasteiger partial charge in [0.1, 0.15) is 6.33 Å². The van der Waals surface area contributed by atoms with Crippen molar-refractivity contribution in [3.8, 4) is 16.8 Å². The first-order chi connectivity index (χ1) is 12.6. The monoisotopic (exact) mass is 363 g/mol. The van der Waals surface area contributed by atoms with Crippen molar-refractivity contribution in [2.45, 2.75) is 19.9 Å². The lowest BCUT2D eigenvalue weighted by Gasteiger charge is -2.10. The first-order valence-corrected chi connectivity index (χ1v) is 8.87. The summed E-state index contributed by atoms with van der Waals surface area (Å²) in [7, 11) is 0. The third-order valence-corrected chi connectivity index (χ3v) is 4.73. The Hall–Kier alpha value is -2.85. The van der Waals surface area contributed by atoms with E-state index in [4.69, 9.17) is 11.6 Å². The smallest absolute Gasteiger partial charge is 0.263 e. The third-order valence-electron chi connectivity index (χ3n) is 4.48. The molecule has 5 heteroatoms. The summed E-state index contributed by atoms with van der Waals surface area (Å²) < 4.78 is 3.63. The Bertz CT molecular complexity index is 1130.